The van der Waals surface area contributed by atoms with Gasteiger partial charge in [0.1, 0.15) is 6.61 Å². The first-order chi connectivity index (χ1) is 11.5. The Morgan fingerprint density at radius 3 is 2.42 bits per heavy atom. The van der Waals surface area contributed by atoms with E-state index >= 15 is 0 Å². The molecule has 0 fully saturated rings. The third-order valence-electron chi connectivity index (χ3n) is 3.02. The summed E-state index contributed by atoms with van der Waals surface area (Å²) >= 11 is 12.3. The van der Waals surface area contributed by atoms with Crippen LogP contribution in [0.25, 0.3) is 0 Å². The molecule has 0 saturated carbocycles. The normalized spacial score (nSPS) is 10.6. The molecule has 0 spiro atoms. The van der Waals surface area contributed by atoms with Gasteiger partial charge < -0.3 is 20.9 Å². The van der Waals surface area contributed by atoms with Gasteiger partial charge >= 0.3 is 0 Å². The van der Waals surface area contributed by atoms with Crippen LogP contribution in [0.15, 0.2) is 46.6 Å². The number of nitrogens with two attached hydrogens (primary N) is 2. The number of benzene rings is 2. The lowest BCUT2D eigenvalue weighted by molar-refractivity contribution is 0.284. The number of hydrogen-bond acceptors (Lipinski definition) is 4. The maximum Gasteiger partial charge on any atom is 0.211 e. The van der Waals surface area contributed by atoms with Crippen molar-refractivity contribution in [2.45, 2.75) is 6.61 Å². The Bertz CT molecular complexity index is 754. The van der Waals surface area contributed by atoms with Crippen LogP contribution in [0.1, 0.15) is 11.1 Å². The molecule has 0 aliphatic heterocycles. The van der Waals surface area contributed by atoms with Crippen LogP contribution in [0.3, 0.4) is 0 Å². The minimum atomic E-state index is -0.139. The van der Waals surface area contributed by atoms with Crippen LogP contribution >= 0.6 is 23.2 Å². The summed E-state index contributed by atoms with van der Waals surface area (Å²) in [6.45, 7) is 0.169. The molecule has 24 heavy (non-hydrogen) atoms. The van der Waals surface area contributed by atoms with Gasteiger partial charge in [0.25, 0.3) is 0 Å². The van der Waals surface area contributed by atoms with Crippen molar-refractivity contribution >= 4 is 35.4 Å². The second-order valence-electron chi connectivity index (χ2n) is 4.64. The molecule has 0 amide bonds. The molecule has 0 atom stereocenters. The Labute approximate surface area is 149 Å². The van der Waals surface area contributed by atoms with Crippen LogP contribution in [-0.2, 0) is 6.61 Å². The molecular weight excluding hydrogens is 351 g/mol. The molecule has 4 N–H and O–H groups in total. The predicted molar refractivity (Wildman–Crippen MR) is 97.2 cm³/mol. The van der Waals surface area contributed by atoms with Crippen LogP contribution in [0.2, 0.25) is 10.0 Å². The highest BCUT2D eigenvalue weighted by Crippen LogP contribution is 2.32. The van der Waals surface area contributed by atoms with Gasteiger partial charge in [-0.3, -0.25) is 0 Å². The van der Waals surface area contributed by atoms with E-state index in [0.717, 1.165) is 0 Å². The van der Waals surface area contributed by atoms with Crippen LogP contribution in [0, 0.1) is 0 Å². The van der Waals surface area contributed by atoms with Crippen molar-refractivity contribution in [2.75, 3.05) is 7.11 Å². The summed E-state index contributed by atoms with van der Waals surface area (Å²) in [4.78, 5) is 0. The molecule has 0 aliphatic carbocycles. The van der Waals surface area contributed by atoms with Gasteiger partial charge in [0, 0.05) is 21.2 Å². The van der Waals surface area contributed by atoms with E-state index < -0.39 is 0 Å². The van der Waals surface area contributed by atoms with E-state index in [1.54, 1.807) is 43.5 Å². The fraction of sp³-hybridized carbons (Fsp3) is 0.125. The first-order valence-electron chi connectivity index (χ1n) is 6.87. The van der Waals surface area contributed by atoms with Crippen molar-refractivity contribution in [3.05, 3.63) is 57.6 Å². The number of para-hydroxylation sites is 1. The topological polar surface area (TPSA) is 95.2 Å². The van der Waals surface area contributed by atoms with E-state index in [9.17, 15) is 0 Å². The quantitative estimate of drug-likeness (QED) is 0.466. The molecule has 8 heteroatoms. The number of guanidine groups is 1. The lowest BCUT2D eigenvalue weighted by Crippen LogP contribution is -2.21. The van der Waals surface area contributed by atoms with E-state index in [-0.39, 0.29) is 12.6 Å². The average Bonchev–Trinajstić information content (AvgIpc) is 2.54. The van der Waals surface area contributed by atoms with Crippen molar-refractivity contribution in [1.82, 2.24) is 0 Å². The van der Waals surface area contributed by atoms with Gasteiger partial charge in [-0.25, -0.2) is 0 Å². The van der Waals surface area contributed by atoms with Crippen LogP contribution in [-0.4, -0.2) is 19.3 Å². The molecule has 0 saturated heterocycles. The van der Waals surface area contributed by atoms with Crippen LogP contribution in [0.4, 0.5) is 0 Å². The van der Waals surface area contributed by atoms with Gasteiger partial charge in [0.05, 0.1) is 13.3 Å². The number of nitrogens with zero attached hydrogens (tertiary/aromatic N) is 2. The van der Waals surface area contributed by atoms with E-state index in [4.69, 9.17) is 44.1 Å². The summed E-state index contributed by atoms with van der Waals surface area (Å²) < 4.78 is 11.2. The fourth-order valence-electron chi connectivity index (χ4n) is 1.92. The zero-order valence-electron chi connectivity index (χ0n) is 12.9. The minimum Gasteiger partial charge on any atom is -0.493 e. The van der Waals surface area contributed by atoms with Crippen molar-refractivity contribution in [1.29, 1.82) is 0 Å². The molecule has 0 bridgehead atoms. The Kier molecular flexibility index (Phi) is 6.28. The van der Waals surface area contributed by atoms with E-state index in [1.165, 1.54) is 6.21 Å². The third kappa shape index (κ3) is 4.53. The number of methoxy groups -OCH3 is 1. The van der Waals surface area contributed by atoms with Crippen molar-refractivity contribution in [3.63, 3.8) is 0 Å². The van der Waals surface area contributed by atoms with Gasteiger partial charge in [-0.2, -0.15) is 5.10 Å². The first-order valence-corrected chi connectivity index (χ1v) is 7.63. The highest BCUT2D eigenvalue weighted by molar-refractivity contribution is 6.35. The van der Waals surface area contributed by atoms with Gasteiger partial charge in [0.2, 0.25) is 5.96 Å². The largest absolute Gasteiger partial charge is 0.493 e. The van der Waals surface area contributed by atoms with Gasteiger partial charge in [-0.1, -0.05) is 35.3 Å². The molecule has 2 aromatic carbocycles. The molecule has 126 valence electrons. The van der Waals surface area contributed by atoms with E-state index in [1.807, 2.05) is 0 Å². The van der Waals surface area contributed by atoms with E-state index in [2.05, 4.69) is 10.2 Å². The molecular formula is C16H16Cl2N4O2. The fourth-order valence-corrected chi connectivity index (χ4v) is 2.43. The van der Waals surface area contributed by atoms with E-state index in [0.29, 0.717) is 32.7 Å². The Morgan fingerprint density at radius 1 is 1.12 bits per heavy atom. The molecule has 0 aliphatic rings. The summed E-state index contributed by atoms with van der Waals surface area (Å²) in [6, 6.07) is 10.6. The number of ether oxygens (including phenoxy) is 2. The molecule has 0 radical (unpaired) electrons. The first kappa shape index (κ1) is 17.9. The lowest BCUT2D eigenvalue weighted by atomic mass is 10.2. The van der Waals surface area contributed by atoms with Crippen LogP contribution in [0.5, 0.6) is 11.5 Å². The molecule has 0 unspecified atom stereocenters. The van der Waals surface area contributed by atoms with Crippen LogP contribution < -0.4 is 20.9 Å². The summed E-state index contributed by atoms with van der Waals surface area (Å²) in [5.41, 5.74) is 11.8. The third-order valence-corrected chi connectivity index (χ3v) is 3.73. The summed E-state index contributed by atoms with van der Waals surface area (Å²) in [5, 5.41) is 8.40. The maximum atomic E-state index is 6.16. The SMILES string of the molecule is COc1cccc(/C=N/N=C(N)N)c1OCc1c(Cl)cccc1Cl. The van der Waals surface area contributed by atoms with Crippen molar-refractivity contribution in [2.24, 2.45) is 21.7 Å². The maximum absolute atomic E-state index is 6.16. The minimum absolute atomic E-state index is 0.139. The predicted octanol–water partition coefficient (Wildman–Crippen LogP) is 3.19. The molecule has 0 heterocycles. The van der Waals surface area contributed by atoms with Crippen molar-refractivity contribution in [3.8, 4) is 11.5 Å². The zero-order chi connectivity index (χ0) is 17.5. The van der Waals surface area contributed by atoms with Gasteiger partial charge in [-0.05, 0) is 24.3 Å². The van der Waals surface area contributed by atoms with Crippen molar-refractivity contribution < 1.29 is 9.47 Å². The second-order valence-corrected chi connectivity index (χ2v) is 5.45. The Balaban J connectivity index is 2.31. The lowest BCUT2D eigenvalue weighted by Gasteiger charge is -2.14. The van der Waals surface area contributed by atoms with Gasteiger partial charge in [0.15, 0.2) is 11.5 Å². The number of halogens is 2. The highest BCUT2D eigenvalue weighted by atomic mass is 35.5. The monoisotopic (exact) mass is 366 g/mol. The average molecular weight is 367 g/mol. The van der Waals surface area contributed by atoms with Gasteiger partial charge in [-0.15, -0.1) is 5.10 Å². The second kappa shape index (κ2) is 8.42. The Hall–Kier alpha value is -2.44. The summed E-state index contributed by atoms with van der Waals surface area (Å²) in [7, 11) is 1.54. The number of hydrogen-bond donors (Lipinski definition) is 2. The summed E-state index contributed by atoms with van der Waals surface area (Å²) in [6.07, 6.45) is 1.46. The molecule has 0 aromatic heterocycles. The zero-order valence-corrected chi connectivity index (χ0v) is 14.4. The molecule has 6 nitrogen and oxygen atoms in total. The molecule has 2 rings (SSSR count). The number of rotatable bonds is 6. The molecule has 2 aromatic rings. The highest BCUT2D eigenvalue weighted by Gasteiger charge is 2.12. The standard InChI is InChI=1S/C16H16Cl2N4O2/c1-23-14-7-2-4-10(8-21-22-16(19)20)15(14)24-9-11-12(17)5-3-6-13(11)18/h2-8H,9H2,1H3,(H4,19,20,22)/b21-8+. The summed E-state index contributed by atoms with van der Waals surface area (Å²) in [5.74, 6) is 0.872. The smallest absolute Gasteiger partial charge is 0.211 e. The Morgan fingerprint density at radius 2 is 1.79 bits per heavy atom.